The van der Waals surface area contributed by atoms with E-state index in [1.807, 2.05) is 19.0 Å². The fourth-order valence-electron chi connectivity index (χ4n) is 2.80. The Morgan fingerprint density at radius 2 is 2.19 bits per heavy atom. The number of hydrogen-bond acceptors (Lipinski definition) is 7. The maximum Gasteiger partial charge on any atom is 0.332 e. The molecule has 1 aromatic rings. The molecule has 116 valence electrons. The van der Waals surface area contributed by atoms with Crippen molar-refractivity contribution >= 4 is 17.5 Å². The van der Waals surface area contributed by atoms with E-state index < -0.39 is 0 Å². The highest BCUT2D eigenvalue weighted by atomic mass is 16.6. The van der Waals surface area contributed by atoms with E-state index in [0.29, 0.717) is 17.5 Å². The van der Waals surface area contributed by atoms with Crippen LogP contribution in [-0.4, -0.2) is 60.1 Å². The van der Waals surface area contributed by atoms with Crippen molar-refractivity contribution in [3.05, 3.63) is 15.8 Å². The van der Waals surface area contributed by atoms with E-state index in [1.54, 1.807) is 14.0 Å². The molecule has 8 nitrogen and oxygen atoms in total. The Kier molecular flexibility index (Phi) is 4.56. The van der Waals surface area contributed by atoms with Crippen LogP contribution in [0, 0.1) is 17.0 Å². The third-order valence-corrected chi connectivity index (χ3v) is 3.67. The lowest BCUT2D eigenvalue weighted by Gasteiger charge is -2.28. The average Bonchev–Trinajstić information content (AvgIpc) is 2.84. The lowest BCUT2D eigenvalue weighted by Crippen LogP contribution is -2.38. The Bertz CT molecular complexity index is 534. The van der Waals surface area contributed by atoms with Crippen LogP contribution in [0.4, 0.5) is 17.5 Å². The van der Waals surface area contributed by atoms with Gasteiger partial charge in [0.15, 0.2) is 0 Å². The lowest BCUT2D eigenvalue weighted by atomic mass is 10.2. The quantitative estimate of drug-likeness (QED) is 0.646. The number of nitrogens with one attached hydrogen (secondary N) is 1. The summed E-state index contributed by atoms with van der Waals surface area (Å²) in [6.45, 7) is 3.30. The number of nitrogens with zero attached hydrogens (tertiary/aromatic N) is 5. The highest BCUT2D eigenvalue weighted by Crippen LogP contribution is 2.34. The topological polar surface area (TPSA) is 87.4 Å². The van der Waals surface area contributed by atoms with Gasteiger partial charge < -0.3 is 15.1 Å². The van der Waals surface area contributed by atoms with E-state index in [-0.39, 0.29) is 16.7 Å². The Hall–Kier alpha value is -1.96. The number of aryl methyl sites for hydroxylation is 1. The van der Waals surface area contributed by atoms with Crippen LogP contribution in [0.5, 0.6) is 0 Å². The molecule has 1 fully saturated rings. The minimum Gasteiger partial charge on any atom is -0.357 e. The second-order valence-electron chi connectivity index (χ2n) is 5.56. The van der Waals surface area contributed by atoms with Crippen LogP contribution >= 0.6 is 0 Å². The minimum atomic E-state index is -0.380. The van der Waals surface area contributed by atoms with Gasteiger partial charge in [0.05, 0.1) is 4.92 Å². The molecular weight excluding hydrogens is 272 g/mol. The first-order valence-corrected chi connectivity index (χ1v) is 7.06. The molecule has 0 radical (unpaired) electrons. The lowest BCUT2D eigenvalue weighted by molar-refractivity contribution is -0.385. The zero-order valence-corrected chi connectivity index (χ0v) is 13.0. The van der Waals surface area contributed by atoms with E-state index in [9.17, 15) is 10.1 Å². The van der Waals surface area contributed by atoms with Gasteiger partial charge in [0, 0.05) is 26.2 Å². The second-order valence-corrected chi connectivity index (χ2v) is 5.56. The summed E-state index contributed by atoms with van der Waals surface area (Å²) in [4.78, 5) is 23.7. The molecule has 1 unspecified atom stereocenters. The van der Waals surface area contributed by atoms with E-state index >= 15 is 0 Å². The molecule has 21 heavy (non-hydrogen) atoms. The summed E-state index contributed by atoms with van der Waals surface area (Å²) in [5, 5.41) is 14.3. The van der Waals surface area contributed by atoms with Crippen molar-refractivity contribution in [2.75, 3.05) is 44.4 Å². The summed E-state index contributed by atoms with van der Waals surface area (Å²) in [7, 11) is 5.73. The van der Waals surface area contributed by atoms with Gasteiger partial charge >= 0.3 is 5.69 Å². The molecular formula is C13H22N6O2. The highest BCUT2D eigenvalue weighted by Gasteiger charge is 2.33. The summed E-state index contributed by atoms with van der Waals surface area (Å²) in [5.74, 6) is 0.852. The van der Waals surface area contributed by atoms with Crippen LogP contribution in [0.1, 0.15) is 18.5 Å². The first kappa shape index (κ1) is 15.4. The number of aromatic nitrogens is 2. The minimum absolute atomic E-state index is 0.0136. The van der Waals surface area contributed by atoms with Crippen molar-refractivity contribution in [1.29, 1.82) is 0 Å². The van der Waals surface area contributed by atoms with E-state index in [2.05, 4.69) is 20.2 Å². The van der Waals surface area contributed by atoms with Gasteiger partial charge in [-0.1, -0.05) is 0 Å². The zero-order valence-electron chi connectivity index (χ0n) is 13.0. The summed E-state index contributed by atoms with van der Waals surface area (Å²) in [6.07, 6.45) is 2.04. The molecule has 1 atom stereocenters. The van der Waals surface area contributed by atoms with Crippen LogP contribution in [0.2, 0.25) is 0 Å². The van der Waals surface area contributed by atoms with E-state index in [0.717, 1.165) is 25.9 Å². The number of anilines is 2. The molecule has 0 spiro atoms. The fraction of sp³-hybridized carbons (Fsp3) is 0.692. The number of rotatable bonds is 5. The highest BCUT2D eigenvalue weighted by molar-refractivity contribution is 5.63. The monoisotopic (exact) mass is 294 g/mol. The van der Waals surface area contributed by atoms with Crippen LogP contribution < -0.4 is 10.2 Å². The molecule has 1 saturated heterocycles. The van der Waals surface area contributed by atoms with Gasteiger partial charge in [0.1, 0.15) is 5.69 Å². The second kappa shape index (κ2) is 6.21. The predicted octanol–water partition coefficient (Wildman–Crippen LogP) is 1.27. The summed E-state index contributed by atoms with van der Waals surface area (Å²) in [6, 6.07) is 0.248. The Morgan fingerprint density at radius 1 is 1.48 bits per heavy atom. The van der Waals surface area contributed by atoms with Gasteiger partial charge in [-0.25, -0.2) is 4.98 Å². The van der Waals surface area contributed by atoms with E-state index in [1.165, 1.54) is 0 Å². The van der Waals surface area contributed by atoms with E-state index in [4.69, 9.17) is 0 Å². The third-order valence-electron chi connectivity index (χ3n) is 3.67. The number of likely N-dealkylation sites (N-methyl/N-ethyl adjacent to an activating group) is 1. The van der Waals surface area contributed by atoms with Crippen molar-refractivity contribution in [2.45, 2.75) is 25.8 Å². The van der Waals surface area contributed by atoms with Crippen molar-refractivity contribution < 1.29 is 4.92 Å². The average molecular weight is 294 g/mol. The third kappa shape index (κ3) is 3.21. The predicted molar refractivity (Wildman–Crippen MR) is 81.9 cm³/mol. The van der Waals surface area contributed by atoms with Crippen molar-refractivity contribution in [1.82, 2.24) is 14.9 Å². The molecule has 1 aromatic heterocycles. The Balaban J connectivity index is 2.45. The van der Waals surface area contributed by atoms with Gasteiger partial charge in [0.25, 0.3) is 0 Å². The summed E-state index contributed by atoms with van der Waals surface area (Å²) >= 11 is 0. The smallest absolute Gasteiger partial charge is 0.332 e. The van der Waals surface area contributed by atoms with Crippen LogP contribution in [0.3, 0.4) is 0 Å². The summed E-state index contributed by atoms with van der Waals surface area (Å²) < 4.78 is 0. The maximum atomic E-state index is 11.4. The SMILES string of the molecule is CNc1nc(C)c([N+](=O)[O-])c(N2CCCC2CN(C)C)n1. The molecule has 0 bridgehead atoms. The normalized spacial score (nSPS) is 18.3. The van der Waals surface area contributed by atoms with Crippen molar-refractivity contribution in [3.8, 4) is 0 Å². The first-order chi connectivity index (χ1) is 9.93. The first-order valence-electron chi connectivity index (χ1n) is 7.06. The summed E-state index contributed by atoms with van der Waals surface area (Å²) in [5.41, 5.74) is 0.407. The van der Waals surface area contributed by atoms with Crippen LogP contribution in [-0.2, 0) is 0 Å². The maximum absolute atomic E-state index is 11.4. The molecule has 0 amide bonds. The van der Waals surface area contributed by atoms with Crippen molar-refractivity contribution in [3.63, 3.8) is 0 Å². The molecule has 1 N–H and O–H groups in total. The van der Waals surface area contributed by atoms with Crippen molar-refractivity contribution in [2.24, 2.45) is 0 Å². The molecule has 8 heteroatoms. The molecule has 1 aliphatic heterocycles. The number of nitro groups is 1. The van der Waals surface area contributed by atoms with Gasteiger partial charge in [-0.2, -0.15) is 4.98 Å². The Morgan fingerprint density at radius 3 is 2.76 bits per heavy atom. The largest absolute Gasteiger partial charge is 0.357 e. The van der Waals surface area contributed by atoms with Gasteiger partial charge in [0.2, 0.25) is 11.8 Å². The molecule has 0 aliphatic carbocycles. The van der Waals surface area contributed by atoms with Crippen LogP contribution in [0.15, 0.2) is 0 Å². The van der Waals surface area contributed by atoms with Gasteiger partial charge in [-0.05, 0) is 33.9 Å². The molecule has 2 rings (SSSR count). The molecule has 2 heterocycles. The van der Waals surface area contributed by atoms with Crippen LogP contribution in [0.25, 0.3) is 0 Å². The molecule has 1 aliphatic rings. The molecule has 0 saturated carbocycles. The Labute approximate surface area is 124 Å². The number of hydrogen-bond donors (Lipinski definition) is 1. The molecule has 0 aromatic carbocycles. The van der Waals surface area contributed by atoms with Gasteiger partial charge in [-0.15, -0.1) is 0 Å². The fourth-order valence-corrected chi connectivity index (χ4v) is 2.80. The standard InChI is InChI=1S/C13H22N6O2/c1-9-11(19(20)21)12(16-13(14-2)15-9)18-7-5-6-10(18)8-17(3)4/h10H,5-8H2,1-4H3,(H,14,15,16). The zero-order chi connectivity index (χ0) is 15.6. The van der Waals surface area contributed by atoms with Gasteiger partial charge in [-0.3, -0.25) is 10.1 Å².